The first-order chi connectivity index (χ1) is 17.0. The highest BCUT2D eigenvalue weighted by Crippen LogP contribution is 2.37. The van der Waals surface area contributed by atoms with Crippen molar-refractivity contribution in [3.05, 3.63) is 88.9 Å². The molecular formula is C28H25ClN2O4. The summed E-state index contributed by atoms with van der Waals surface area (Å²) >= 11 is 6.43. The second-order valence-electron chi connectivity index (χ2n) is 8.61. The maximum atomic E-state index is 13.7. The second kappa shape index (κ2) is 9.94. The molecule has 178 valence electrons. The summed E-state index contributed by atoms with van der Waals surface area (Å²) in [6.07, 6.45) is 1.31. The van der Waals surface area contributed by atoms with Gasteiger partial charge in [-0.25, -0.2) is 0 Å². The summed E-state index contributed by atoms with van der Waals surface area (Å²) in [5.74, 6) is 0.926. The summed E-state index contributed by atoms with van der Waals surface area (Å²) in [5.41, 5.74) is 2.39. The van der Waals surface area contributed by atoms with Gasteiger partial charge in [0.1, 0.15) is 23.3 Å². The Morgan fingerprint density at radius 3 is 2.49 bits per heavy atom. The van der Waals surface area contributed by atoms with E-state index in [-0.39, 0.29) is 17.6 Å². The third-order valence-electron chi connectivity index (χ3n) is 6.06. The molecule has 0 atom stereocenters. The van der Waals surface area contributed by atoms with Gasteiger partial charge in [0.25, 0.3) is 0 Å². The predicted octanol–water partition coefficient (Wildman–Crippen LogP) is 6.07. The van der Waals surface area contributed by atoms with E-state index in [1.807, 2.05) is 24.3 Å². The van der Waals surface area contributed by atoms with Crippen LogP contribution in [0.4, 0.5) is 0 Å². The Labute approximate surface area is 208 Å². The Hall–Kier alpha value is -3.61. The quantitative estimate of drug-likeness (QED) is 0.303. The standard InChI is InChI=1S/C28H25ClN2O4/c1-2-15-31-16-22(17-31)34-21-13-9-18(10-14-21)27(33)25-26(23-5-3-4-6-24(23)29)30-35-28(25)19-7-11-20(32)12-8-19/h3-14,22,32H,2,15-17H2,1H3. The number of carbonyl (C=O) groups is 1. The number of benzene rings is 3. The normalized spacial score (nSPS) is 14.0. The number of ketones is 1. The molecule has 2 heterocycles. The largest absolute Gasteiger partial charge is 0.508 e. The minimum atomic E-state index is -0.242. The number of hydrogen-bond acceptors (Lipinski definition) is 6. The average molecular weight is 489 g/mol. The molecule has 0 radical (unpaired) electrons. The SMILES string of the molecule is CCCN1CC(Oc2ccc(C(=O)c3c(-c4ccccc4Cl)noc3-c3ccc(O)cc3)cc2)C1. The molecule has 7 heteroatoms. The Bertz CT molecular complexity index is 1330. The third-order valence-corrected chi connectivity index (χ3v) is 6.39. The molecule has 35 heavy (non-hydrogen) atoms. The lowest BCUT2D eigenvalue weighted by atomic mass is 9.95. The average Bonchev–Trinajstić information content (AvgIpc) is 3.28. The van der Waals surface area contributed by atoms with Crippen LogP contribution >= 0.6 is 11.6 Å². The molecule has 0 saturated carbocycles. The van der Waals surface area contributed by atoms with E-state index in [2.05, 4.69) is 17.0 Å². The second-order valence-corrected chi connectivity index (χ2v) is 9.02. The molecule has 0 aliphatic carbocycles. The lowest BCUT2D eigenvalue weighted by Crippen LogP contribution is -2.53. The molecule has 0 bridgehead atoms. The van der Waals surface area contributed by atoms with Crippen LogP contribution in [0.3, 0.4) is 0 Å². The molecule has 6 nitrogen and oxygen atoms in total. The molecule has 4 aromatic rings. The Balaban J connectivity index is 1.46. The maximum absolute atomic E-state index is 13.7. The number of halogens is 1. The number of nitrogens with zero attached hydrogens (tertiary/aromatic N) is 2. The van der Waals surface area contributed by atoms with Crippen molar-refractivity contribution in [3.8, 4) is 34.1 Å². The van der Waals surface area contributed by atoms with E-state index < -0.39 is 0 Å². The van der Waals surface area contributed by atoms with Crippen molar-refractivity contribution in [3.63, 3.8) is 0 Å². The van der Waals surface area contributed by atoms with Crippen molar-refractivity contribution in [1.29, 1.82) is 0 Å². The van der Waals surface area contributed by atoms with E-state index in [1.54, 1.807) is 36.4 Å². The zero-order chi connectivity index (χ0) is 24.4. The maximum Gasteiger partial charge on any atom is 0.199 e. The van der Waals surface area contributed by atoms with Crippen molar-refractivity contribution in [2.45, 2.75) is 19.4 Å². The van der Waals surface area contributed by atoms with Crippen molar-refractivity contribution >= 4 is 17.4 Å². The molecule has 5 rings (SSSR count). The smallest absolute Gasteiger partial charge is 0.199 e. The van der Waals surface area contributed by atoms with E-state index in [0.717, 1.165) is 31.8 Å². The van der Waals surface area contributed by atoms with Crippen molar-refractivity contribution < 1.29 is 19.2 Å². The van der Waals surface area contributed by atoms with Gasteiger partial charge in [0, 0.05) is 29.8 Å². The van der Waals surface area contributed by atoms with Gasteiger partial charge in [0.2, 0.25) is 0 Å². The molecule has 1 aliphatic rings. The number of rotatable bonds is 8. The minimum Gasteiger partial charge on any atom is -0.508 e. The van der Waals surface area contributed by atoms with Crippen LogP contribution in [0, 0.1) is 0 Å². The lowest BCUT2D eigenvalue weighted by Gasteiger charge is -2.38. The van der Waals surface area contributed by atoms with Crippen LogP contribution in [-0.2, 0) is 0 Å². The van der Waals surface area contributed by atoms with E-state index >= 15 is 0 Å². The summed E-state index contributed by atoms with van der Waals surface area (Å²) in [7, 11) is 0. The molecule has 3 aromatic carbocycles. The number of likely N-dealkylation sites (tertiary alicyclic amines) is 1. The van der Waals surface area contributed by atoms with Crippen molar-refractivity contribution in [1.82, 2.24) is 10.1 Å². The van der Waals surface area contributed by atoms with Gasteiger partial charge in [0.15, 0.2) is 11.5 Å². The summed E-state index contributed by atoms with van der Waals surface area (Å²) < 4.78 is 11.7. The summed E-state index contributed by atoms with van der Waals surface area (Å²) in [6.45, 7) is 5.10. The highest BCUT2D eigenvalue weighted by atomic mass is 35.5. The summed E-state index contributed by atoms with van der Waals surface area (Å²) in [6, 6.07) is 20.8. The van der Waals surface area contributed by atoms with Crippen molar-refractivity contribution in [2.24, 2.45) is 0 Å². The summed E-state index contributed by atoms with van der Waals surface area (Å²) in [4.78, 5) is 16.1. The first-order valence-electron chi connectivity index (χ1n) is 11.6. The molecule has 1 fully saturated rings. The van der Waals surface area contributed by atoms with Gasteiger partial charge in [-0.3, -0.25) is 9.69 Å². The fraction of sp³-hybridized carbons (Fsp3) is 0.214. The number of carbonyl (C=O) groups excluding carboxylic acids is 1. The number of aromatic hydroxyl groups is 1. The highest BCUT2D eigenvalue weighted by molar-refractivity contribution is 6.33. The van der Waals surface area contributed by atoms with Crippen LogP contribution in [0.1, 0.15) is 29.3 Å². The summed E-state index contributed by atoms with van der Waals surface area (Å²) in [5, 5.41) is 14.4. The minimum absolute atomic E-state index is 0.118. The van der Waals surface area contributed by atoms with Crippen LogP contribution in [-0.4, -0.2) is 46.7 Å². The van der Waals surface area contributed by atoms with E-state index in [9.17, 15) is 9.90 Å². The van der Waals surface area contributed by atoms with Crippen LogP contribution in [0.5, 0.6) is 11.5 Å². The topological polar surface area (TPSA) is 75.8 Å². The van der Waals surface area contributed by atoms with E-state index in [0.29, 0.717) is 38.7 Å². The number of aromatic nitrogens is 1. The van der Waals surface area contributed by atoms with Crippen LogP contribution < -0.4 is 4.74 Å². The molecule has 1 aromatic heterocycles. The molecule has 1 N–H and O–H groups in total. The zero-order valence-electron chi connectivity index (χ0n) is 19.3. The Morgan fingerprint density at radius 1 is 1.09 bits per heavy atom. The number of phenols is 1. The van der Waals surface area contributed by atoms with E-state index in [1.165, 1.54) is 12.1 Å². The van der Waals surface area contributed by atoms with Crippen LogP contribution in [0.2, 0.25) is 5.02 Å². The Kier molecular flexibility index (Phi) is 6.57. The van der Waals surface area contributed by atoms with Gasteiger partial charge in [-0.2, -0.15) is 0 Å². The number of phenolic OH excluding ortho intramolecular Hbond substituents is 1. The lowest BCUT2D eigenvalue weighted by molar-refractivity contribution is 0.0202. The molecule has 1 saturated heterocycles. The Morgan fingerprint density at radius 2 is 1.80 bits per heavy atom. The van der Waals surface area contributed by atoms with E-state index in [4.69, 9.17) is 20.9 Å². The zero-order valence-corrected chi connectivity index (χ0v) is 20.0. The molecule has 1 aliphatic heterocycles. The first kappa shape index (κ1) is 23.1. The predicted molar refractivity (Wildman–Crippen MR) is 135 cm³/mol. The van der Waals surface area contributed by atoms with Crippen LogP contribution in [0.25, 0.3) is 22.6 Å². The molecule has 0 amide bonds. The van der Waals surface area contributed by atoms with Gasteiger partial charge in [0.05, 0.1) is 10.6 Å². The fourth-order valence-corrected chi connectivity index (χ4v) is 4.49. The van der Waals surface area contributed by atoms with Gasteiger partial charge in [-0.15, -0.1) is 0 Å². The molecule has 0 spiro atoms. The van der Waals surface area contributed by atoms with Gasteiger partial charge < -0.3 is 14.4 Å². The monoisotopic (exact) mass is 488 g/mol. The van der Waals surface area contributed by atoms with Gasteiger partial charge in [-0.1, -0.05) is 41.9 Å². The molecule has 0 unspecified atom stereocenters. The highest BCUT2D eigenvalue weighted by Gasteiger charge is 2.29. The number of hydrogen-bond donors (Lipinski definition) is 1. The van der Waals surface area contributed by atoms with Crippen LogP contribution in [0.15, 0.2) is 77.3 Å². The van der Waals surface area contributed by atoms with Crippen molar-refractivity contribution in [2.75, 3.05) is 19.6 Å². The first-order valence-corrected chi connectivity index (χ1v) is 12.0. The third kappa shape index (κ3) is 4.81. The van der Waals surface area contributed by atoms with Gasteiger partial charge >= 0.3 is 0 Å². The fourth-order valence-electron chi connectivity index (χ4n) is 4.27. The number of ether oxygens (including phenoxy) is 1. The van der Waals surface area contributed by atoms with Gasteiger partial charge in [-0.05, 0) is 67.6 Å². The molecular weight excluding hydrogens is 464 g/mol.